The lowest BCUT2D eigenvalue weighted by atomic mass is 9.79. The van der Waals surface area contributed by atoms with Crippen LogP contribution in [0.4, 0.5) is 5.95 Å². The van der Waals surface area contributed by atoms with E-state index in [2.05, 4.69) is 28.7 Å². The maximum Gasteiger partial charge on any atom is 0.272 e. The first-order chi connectivity index (χ1) is 12.9. The molecule has 0 bridgehead atoms. The lowest BCUT2D eigenvalue weighted by Gasteiger charge is -2.40. The summed E-state index contributed by atoms with van der Waals surface area (Å²) in [6.07, 6.45) is 7.23. The molecule has 1 atom stereocenters. The number of nitrogen functional groups attached to an aromatic ring is 1. The number of carbonyl (C=O) groups is 1. The summed E-state index contributed by atoms with van der Waals surface area (Å²) in [6, 6.07) is 1.84. The van der Waals surface area contributed by atoms with Crippen LogP contribution in [0.1, 0.15) is 62.1 Å². The van der Waals surface area contributed by atoms with Crippen molar-refractivity contribution in [2.45, 2.75) is 52.4 Å². The van der Waals surface area contributed by atoms with E-state index in [0.29, 0.717) is 11.6 Å². The van der Waals surface area contributed by atoms with E-state index in [0.717, 1.165) is 44.1 Å². The Bertz CT molecular complexity index is 702. The highest BCUT2D eigenvalue weighted by Gasteiger charge is 2.43. The Kier molecular flexibility index (Phi) is 5.10. The largest absolute Gasteiger partial charge is 0.368 e. The molecule has 3 fully saturated rings. The molecule has 6 heteroatoms. The van der Waals surface area contributed by atoms with Gasteiger partial charge in [0.1, 0.15) is 5.69 Å². The minimum absolute atomic E-state index is 0.0188. The normalized spacial score (nSPS) is 26.3. The first-order valence-corrected chi connectivity index (χ1v) is 10.6. The SMILES string of the molecule is CC(C)Cc1cc(C(=O)N2CC[C@]3(CCCN(CC4CC4)C3)C2)nc(N)n1. The van der Waals surface area contributed by atoms with Gasteiger partial charge >= 0.3 is 0 Å². The number of carbonyl (C=O) groups excluding carboxylic acids is 1. The second-order valence-electron chi connectivity index (χ2n) is 9.46. The molecule has 0 radical (unpaired) electrons. The van der Waals surface area contributed by atoms with Crippen LogP contribution in [0.3, 0.4) is 0 Å². The summed E-state index contributed by atoms with van der Waals surface area (Å²) in [6.45, 7) is 9.61. The number of nitrogens with zero attached hydrogens (tertiary/aromatic N) is 4. The summed E-state index contributed by atoms with van der Waals surface area (Å²) in [7, 11) is 0. The van der Waals surface area contributed by atoms with Crippen LogP contribution in [0.15, 0.2) is 6.07 Å². The van der Waals surface area contributed by atoms with Crippen LogP contribution < -0.4 is 5.73 Å². The number of rotatable bonds is 5. The van der Waals surface area contributed by atoms with E-state index in [1.165, 1.54) is 38.8 Å². The minimum atomic E-state index is 0.0188. The van der Waals surface area contributed by atoms with Gasteiger partial charge in [-0.2, -0.15) is 0 Å². The standard InChI is InChI=1S/C21H33N5O/c1-15(2)10-17-11-18(24-20(22)23-17)19(27)26-9-7-21(14-26)6-3-8-25(13-21)12-16-4-5-16/h11,15-16H,3-10,12-14H2,1-2H3,(H2,22,23,24)/t21-/m0/s1. The molecule has 1 aliphatic carbocycles. The quantitative estimate of drug-likeness (QED) is 0.861. The molecule has 1 spiro atoms. The van der Waals surface area contributed by atoms with Gasteiger partial charge in [0, 0.05) is 37.3 Å². The van der Waals surface area contributed by atoms with E-state index in [1.807, 2.05) is 11.0 Å². The predicted molar refractivity (Wildman–Crippen MR) is 106 cm³/mol. The minimum Gasteiger partial charge on any atom is -0.368 e. The zero-order chi connectivity index (χ0) is 19.0. The molecule has 1 aromatic heterocycles. The molecule has 3 aliphatic rings. The number of aromatic nitrogens is 2. The Balaban J connectivity index is 1.43. The predicted octanol–water partition coefficient (Wildman–Crippen LogP) is 2.60. The number of anilines is 1. The molecule has 2 aliphatic heterocycles. The van der Waals surface area contributed by atoms with Gasteiger partial charge in [0.25, 0.3) is 5.91 Å². The topological polar surface area (TPSA) is 75.4 Å². The first kappa shape index (κ1) is 18.7. The highest BCUT2D eigenvalue weighted by Crippen LogP contribution is 2.41. The highest BCUT2D eigenvalue weighted by molar-refractivity contribution is 5.92. The Labute approximate surface area is 162 Å². The van der Waals surface area contributed by atoms with Crippen LogP contribution in [0.25, 0.3) is 0 Å². The number of nitrogens with two attached hydrogens (primary N) is 1. The van der Waals surface area contributed by atoms with Crippen molar-refractivity contribution in [2.24, 2.45) is 17.3 Å². The van der Waals surface area contributed by atoms with E-state index in [9.17, 15) is 4.79 Å². The molecule has 0 aromatic carbocycles. The molecule has 1 saturated carbocycles. The molecule has 148 valence electrons. The maximum atomic E-state index is 13.1. The van der Waals surface area contributed by atoms with Crippen molar-refractivity contribution in [3.8, 4) is 0 Å². The second-order valence-corrected chi connectivity index (χ2v) is 9.46. The molecular formula is C21H33N5O. The van der Waals surface area contributed by atoms with Crippen LogP contribution in [0, 0.1) is 17.3 Å². The van der Waals surface area contributed by atoms with E-state index in [4.69, 9.17) is 5.73 Å². The van der Waals surface area contributed by atoms with Gasteiger partial charge in [0.05, 0.1) is 0 Å². The summed E-state index contributed by atoms with van der Waals surface area (Å²) in [5.74, 6) is 1.63. The summed E-state index contributed by atoms with van der Waals surface area (Å²) < 4.78 is 0. The van der Waals surface area contributed by atoms with Crippen molar-refractivity contribution < 1.29 is 4.79 Å². The first-order valence-electron chi connectivity index (χ1n) is 10.6. The Hall–Kier alpha value is -1.69. The number of piperidine rings is 1. The summed E-state index contributed by atoms with van der Waals surface area (Å²) in [5, 5.41) is 0. The second kappa shape index (κ2) is 7.38. The lowest BCUT2D eigenvalue weighted by Crippen LogP contribution is -2.46. The lowest BCUT2D eigenvalue weighted by molar-refractivity contribution is 0.0676. The van der Waals surface area contributed by atoms with Crippen molar-refractivity contribution in [1.82, 2.24) is 19.8 Å². The Morgan fingerprint density at radius 2 is 2.07 bits per heavy atom. The monoisotopic (exact) mass is 371 g/mol. The zero-order valence-corrected chi connectivity index (χ0v) is 16.8. The smallest absolute Gasteiger partial charge is 0.272 e. The average Bonchev–Trinajstić information content (AvgIpc) is 3.33. The summed E-state index contributed by atoms with van der Waals surface area (Å²) in [4.78, 5) is 26.3. The van der Waals surface area contributed by atoms with Crippen LogP contribution in [0.5, 0.6) is 0 Å². The highest BCUT2D eigenvalue weighted by atomic mass is 16.2. The average molecular weight is 372 g/mol. The molecule has 2 N–H and O–H groups in total. The molecule has 6 nitrogen and oxygen atoms in total. The van der Waals surface area contributed by atoms with E-state index in [-0.39, 0.29) is 17.3 Å². The van der Waals surface area contributed by atoms with Gasteiger partial charge in [-0.3, -0.25) is 4.79 Å². The van der Waals surface area contributed by atoms with Gasteiger partial charge in [-0.25, -0.2) is 9.97 Å². The van der Waals surface area contributed by atoms with Crippen LogP contribution in [0.2, 0.25) is 0 Å². The van der Waals surface area contributed by atoms with Crippen LogP contribution in [-0.4, -0.2) is 58.4 Å². The molecule has 1 amide bonds. The maximum absolute atomic E-state index is 13.1. The fourth-order valence-corrected chi connectivity index (χ4v) is 4.89. The molecule has 27 heavy (non-hydrogen) atoms. The van der Waals surface area contributed by atoms with Gasteiger partial charge in [-0.15, -0.1) is 0 Å². The number of amides is 1. The number of hydrogen-bond acceptors (Lipinski definition) is 5. The van der Waals surface area contributed by atoms with Gasteiger partial charge in [-0.05, 0) is 63.0 Å². The van der Waals surface area contributed by atoms with Crippen molar-refractivity contribution >= 4 is 11.9 Å². The van der Waals surface area contributed by atoms with Gasteiger partial charge in [-0.1, -0.05) is 13.8 Å². The third-order valence-electron chi connectivity index (χ3n) is 6.31. The number of likely N-dealkylation sites (tertiary alicyclic amines) is 2. The molecular weight excluding hydrogens is 338 g/mol. The Morgan fingerprint density at radius 3 is 2.81 bits per heavy atom. The van der Waals surface area contributed by atoms with Gasteiger partial charge in [0.15, 0.2) is 0 Å². The van der Waals surface area contributed by atoms with Gasteiger partial charge in [0.2, 0.25) is 5.95 Å². The van der Waals surface area contributed by atoms with E-state index < -0.39 is 0 Å². The molecule has 2 saturated heterocycles. The number of hydrogen-bond donors (Lipinski definition) is 1. The summed E-state index contributed by atoms with van der Waals surface area (Å²) in [5.41, 5.74) is 7.48. The third kappa shape index (κ3) is 4.42. The third-order valence-corrected chi connectivity index (χ3v) is 6.31. The van der Waals surface area contributed by atoms with E-state index >= 15 is 0 Å². The van der Waals surface area contributed by atoms with Crippen molar-refractivity contribution in [1.29, 1.82) is 0 Å². The summed E-state index contributed by atoms with van der Waals surface area (Å²) >= 11 is 0. The zero-order valence-electron chi connectivity index (χ0n) is 16.8. The Morgan fingerprint density at radius 1 is 1.26 bits per heavy atom. The van der Waals surface area contributed by atoms with E-state index in [1.54, 1.807) is 0 Å². The van der Waals surface area contributed by atoms with Crippen LogP contribution >= 0.6 is 0 Å². The van der Waals surface area contributed by atoms with Crippen LogP contribution in [-0.2, 0) is 6.42 Å². The molecule has 3 heterocycles. The van der Waals surface area contributed by atoms with Gasteiger partial charge < -0.3 is 15.5 Å². The fourth-order valence-electron chi connectivity index (χ4n) is 4.89. The molecule has 0 unspecified atom stereocenters. The fraction of sp³-hybridized carbons (Fsp3) is 0.762. The molecule has 1 aromatic rings. The van der Waals surface area contributed by atoms with Crippen molar-refractivity contribution in [2.75, 3.05) is 38.5 Å². The molecule has 4 rings (SSSR count). The van der Waals surface area contributed by atoms with Crippen molar-refractivity contribution in [3.05, 3.63) is 17.5 Å². The van der Waals surface area contributed by atoms with Crippen molar-refractivity contribution in [3.63, 3.8) is 0 Å².